The molecule has 0 bridgehead atoms. The maximum Gasteiger partial charge on any atom is 0.256 e. The van der Waals surface area contributed by atoms with Crippen LogP contribution in [0.5, 0.6) is 0 Å². The van der Waals surface area contributed by atoms with E-state index in [1.807, 2.05) is 19.9 Å². The molecule has 0 unspecified atom stereocenters. The predicted molar refractivity (Wildman–Crippen MR) is 100 cm³/mol. The van der Waals surface area contributed by atoms with Gasteiger partial charge in [-0.25, -0.2) is 4.39 Å². The highest BCUT2D eigenvalue weighted by Crippen LogP contribution is 2.38. The summed E-state index contributed by atoms with van der Waals surface area (Å²) in [5.41, 5.74) is 3.01. The van der Waals surface area contributed by atoms with Crippen LogP contribution in [0.4, 0.5) is 4.39 Å². The van der Waals surface area contributed by atoms with Crippen LogP contribution in [0.2, 0.25) is 0 Å². The lowest BCUT2D eigenvalue weighted by Gasteiger charge is -2.35. The summed E-state index contributed by atoms with van der Waals surface area (Å²) < 4.78 is 16.1. The first-order valence-corrected chi connectivity index (χ1v) is 9.49. The average molecular weight is 369 g/mol. The number of aryl methyl sites for hydroxylation is 1. The van der Waals surface area contributed by atoms with Crippen molar-refractivity contribution in [2.24, 2.45) is 0 Å². The summed E-state index contributed by atoms with van der Waals surface area (Å²) in [4.78, 5) is 28.9. The van der Waals surface area contributed by atoms with Gasteiger partial charge in [-0.05, 0) is 44.9 Å². The molecule has 2 aromatic rings. The zero-order chi connectivity index (χ0) is 19.1. The molecule has 0 radical (unpaired) electrons. The van der Waals surface area contributed by atoms with E-state index in [2.05, 4.69) is 4.57 Å². The Labute approximate surface area is 158 Å². The Morgan fingerprint density at radius 2 is 1.48 bits per heavy atom. The molecule has 2 fully saturated rings. The van der Waals surface area contributed by atoms with Gasteiger partial charge in [0.15, 0.2) is 0 Å². The van der Waals surface area contributed by atoms with Crippen LogP contribution in [0, 0.1) is 19.7 Å². The second kappa shape index (κ2) is 6.83. The van der Waals surface area contributed by atoms with Crippen molar-refractivity contribution in [3.63, 3.8) is 0 Å². The molecule has 1 saturated carbocycles. The molecule has 142 valence electrons. The van der Waals surface area contributed by atoms with Gasteiger partial charge < -0.3 is 14.4 Å². The van der Waals surface area contributed by atoms with Gasteiger partial charge in [0, 0.05) is 43.6 Å². The molecule has 0 atom stereocenters. The number of piperazine rings is 1. The van der Waals surface area contributed by atoms with Crippen LogP contribution < -0.4 is 0 Å². The van der Waals surface area contributed by atoms with Gasteiger partial charge in [-0.15, -0.1) is 0 Å². The minimum absolute atomic E-state index is 0.0213. The summed E-state index contributed by atoms with van der Waals surface area (Å²) in [6.07, 6.45) is 2.36. The highest BCUT2D eigenvalue weighted by Gasteiger charge is 2.31. The van der Waals surface area contributed by atoms with Gasteiger partial charge >= 0.3 is 0 Å². The van der Waals surface area contributed by atoms with Gasteiger partial charge in [0.1, 0.15) is 5.82 Å². The quantitative estimate of drug-likeness (QED) is 0.834. The summed E-state index contributed by atoms with van der Waals surface area (Å²) in [5.74, 6) is -0.798. The molecule has 2 amide bonds. The summed E-state index contributed by atoms with van der Waals surface area (Å²) in [6.45, 7) is 5.82. The van der Waals surface area contributed by atoms with Crippen LogP contribution in [0.3, 0.4) is 0 Å². The van der Waals surface area contributed by atoms with Gasteiger partial charge in [0.25, 0.3) is 11.8 Å². The fourth-order valence-corrected chi connectivity index (χ4v) is 3.98. The van der Waals surface area contributed by atoms with Crippen LogP contribution >= 0.6 is 0 Å². The van der Waals surface area contributed by atoms with Crippen LogP contribution in [0.1, 0.15) is 51.0 Å². The number of amides is 2. The summed E-state index contributed by atoms with van der Waals surface area (Å²) in [7, 11) is 0. The third-order valence-corrected chi connectivity index (χ3v) is 5.59. The molecule has 1 aliphatic heterocycles. The Morgan fingerprint density at radius 3 is 2.04 bits per heavy atom. The Hall–Kier alpha value is -2.63. The molecule has 4 rings (SSSR count). The van der Waals surface area contributed by atoms with Crippen molar-refractivity contribution in [2.75, 3.05) is 26.2 Å². The number of halogens is 1. The fraction of sp³-hybridized carbons (Fsp3) is 0.429. The SMILES string of the molecule is Cc1cc(C(=O)N2CCN(C(=O)c3ccccc3F)CC2)c(C)n1C1CC1. The largest absolute Gasteiger partial charge is 0.345 e. The molecule has 0 spiro atoms. The van der Waals surface area contributed by atoms with E-state index in [1.165, 1.54) is 25.0 Å². The third kappa shape index (κ3) is 3.24. The minimum atomic E-state index is -0.506. The number of hydrogen-bond donors (Lipinski definition) is 0. The lowest BCUT2D eigenvalue weighted by molar-refractivity contribution is 0.0532. The van der Waals surface area contributed by atoms with E-state index in [-0.39, 0.29) is 17.4 Å². The van der Waals surface area contributed by atoms with E-state index in [9.17, 15) is 14.0 Å². The van der Waals surface area contributed by atoms with Crippen molar-refractivity contribution in [1.29, 1.82) is 0 Å². The number of carbonyl (C=O) groups excluding carboxylic acids is 2. The lowest BCUT2D eigenvalue weighted by Crippen LogP contribution is -2.50. The van der Waals surface area contributed by atoms with E-state index in [1.54, 1.807) is 21.9 Å². The van der Waals surface area contributed by atoms with Crippen molar-refractivity contribution in [2.45, 2.75) is 32.7 Å². The molecule has 2 heterocycles. The molecule has 1 aromatic heterocycles. The Morgan fingerprint density at radius 1 is 0.926 bits per heavy atom. The number of rotatable bonds is 3. The van der Waals surface area contributed by atoms with E-state index < -0.39 is 5.82 Å². The number of benzene rings is 1. The highest BCUT2D eigenvalue weighted by molar-refractivity contribution is 5.97. The van der Waals surface area contributed by atoms with Gasteiger partial charge in [-0.3, -0.25) is 9.59 Å². The zero-order valence-electron chi connectivity index (χ0n) is 15.7. The standard InChI is InChI=1S/C21H24FN3O2/c1-14-13-18(15(2)25(14)16-7-8-16)21(27)24-11-9-23(10-12-24)20(26)17-5-3-4-6-19(17)22/h3-6,13,16H,7-12H2,1-2H3. The Kier molecular flexibility index (Phi) is 4.50. The Balaban J connectivity index is 1.44. The molecule has 1 aliphatic carbocycles. The fourth-order valence-electron chi connectivity index (χ4n) is 3.98. The van der Waals surface area contributed by atoms with Crippen molar-refractivity contribution in [3.8, 4) is 0 Å². The average Bonchev–Trinajstić information content (AvgIpc) is 3.46. The van der Waals surface area contributed by atoms with Crippen molar-refractivity contribution < 1.29 is 14.0 Å². The molecular formula is C21H24FN3O2. The second-order valence-electron chi connectivity index (χ2n) is 7.45. The number of carbonyl (C=O) groups is 2. The number of hydrogen-bond acceptors (Lipinski definition) is 2. The summed E-state index contributed by atoms with van der Waals surface area (Å²) in [5, 5.41) is 0. The Bertz CT molecular complexity index is 893. The molecule has 1 saturated heterocycles. The first-order chi connectivity index (χ1) is 13.0. The molecule has 5 nitrogen and oxygen atoms in total. The molecule has 6 heteroatoms. The van der Waals surface area contributed by atoms with Crippen LogP contribution in [-0.2, 0) is 0 Å². The van der Waals surface area contributed by atoms with E-state index in [0.29, 0.717) is 32.2 Å². The van der Waals surface area contributed by atoms with Gasteiger partial charge in [0.2, 0.25) is 0 Å². The number of nitrogens with zero attached hydrogens (tertiary/aromatic N) is 3. The molecule has 0 N–H and O–H groups in total. The van der Waals surface area contributed by atoms with Crippen molar-refractivity contribution in [3.05, 3.63) is 58.7 Å². The van der Waals surface area contributed by atoms with E-state index in [4.69, 9.17) is 0 Å². The second-order valence-corrected chi connectivity index (χ2v) is 7.45. The first-order valence-electron chi connectivity index (χ1n) is 9.49. The smallest absolute Gasteiger partial charge is 0.256 e. The maximum atomic E-state index is 13.9. The topological polar surface area (TPSA) is 45.6 Å². The summed E-state index contributed by atoms with van der Waals surface area (Å²) >= 11 is 0. The first kappa shape index (κ1) is 17.8. The zero-order valence-corrected chi connectivity index (χ0v) is 15.7. The van der Waals surface area contributed by atoms with E-state index in [0.717, 1.165) is 17.0 Å². The predicted octanol–water partition coefficient (Wildman–Crippen LogP) is 3.18. The third-order valence-electron chi connectivity index (χ3n) is 5.59. The van der Waals surface area contributed by atoms with E-state index >= 15 is 0 Å². The van der Waals surface area contributed by atoms with Crippen molar-refractivity contribution >= 4 is 11.8 Å². The highest BCUT2D eigenvalue weighted by atomic mass is 19.1. The van der Waals surface area contributed by atoms with Gasteiger partial charge in [-0.2, -0.15) is 0 Å². The maximum absolute atomic E-state index is 13.9. The molecule has 27 heavy (non-hydrogen) atoms. The molecular weight excluding hydrogens is 345 g/mol. The van der Waals surface area contributed by atoms with Crippen molar-refractivity contribution in [1.82, 2.24) is 14.4 Å². The summed E-state index contributed by atoms with van der Waals surface area (Å²) in [6, 6.07) is 8.55. The lowest BCUT2D eigenvalue weighted by atomic mass is 10.1. The van der Waals surface area contributed by atoms with Crippen LogP contribution in [0.25, 0.3) is 0 Å². The van der Waals surface area contributed by atoms with Gasteiger partial charge in [0.05, 0.1) is 11.1 Å². The van der Waals surface area contributed by atoms with Gasteiger partial charge in [-0.1, -0.05) is 12.1 Å². The van der Waals surface area contributed by atoms with Crippen LogP contribution in [-0.4, -0.2) is 52.4 Å². The molecule has 1 aromatic carbocycles. The monoisotopic (exact) mass is 369 g/mol. The minimum Gasteiger partial charge on any atom is -0.345 e. The molecule has 2 aliphatic rings. The van der Waals surface area contributed by atoms with Crippen LogP contribution in [0.15, 0.2) is 30.3 Å². The normalized spacial score (nSPS) is 17.3. The number of aromatic nitrogens is 1.